The van der Waals surface area contributed by atoms with E-state index in [9.17, 15) is 8.42 Å². The average Bonchev–Trinajstić information content (AvgIpc) is 2.27. The van der Waals surface area contributed by atoms with Crippen LogP contribution in [0.1, 0.15) is 6.92 Å². The Morgan fingerprint density at radius 1 is 1.28 bits per heavy atom. The standard InChI is InChI=1S/C11H14Cl2N2O2S/c1-8-7-15(3-2-14-8)18(16,17)11-5-9(12)4-10(13)6-11/h4-6,8,14H,2-3,7H2,1H3. The molecule has 0 spiro atoms. The zero-order chi connectivity index (χ0) is 13.3. The first-order chi connectivity index (χ1) is 8.39. The predicted octanol–water partition coefficient (Wildman–Crippen LogP) is 1.98. The zero-order valence-corrected chi connectivity index (χ0v) is 12.2. The Hall–Kier alpha value is -0.330. The number of piperazine rings is 1. The second kappa shape index (κ2) is 5.35. The maximum Gasteiger partial charge on any atom is 0.243 e. The van der Waals surface area contributed by atoms with E-state index >= 15 is 0 Å². The van der Waals surface area contributed by atoms with Crippen molar-refractivity contribution in [3.05, 3.63) is 28.2 Å². The van der Waals surface area contributed by atoms with Crippen molar-refractivity contribution in [2.24, 2.45) is 0 Å². The van der Waals surface area contributed by atoms with Crippen molar-refractivity contribution in [1.82, 2.24) is 9.62 Å². The molecule has 100 valence electrons. The lowest BCUT2D eigenvalue weighted by molar-refractivity contribution is 0.310. The Morgan fingerprint density at radius 2 is 1.89 bits per heavy atom. The third-order valence-electron chi connectivity index (χ3n) is 2.81. The second-order valence-electron chi connectivity index (χ2n) is 4.32. The summed E-state index contributed by atoms with van der Waals surface area (Å²) in [4.78, 5) is 0.147. The number of nitrogens with zero attached hydrogens (tertiary/aromatic N) is 1. The molecule has 1 heterocycles. The number of halogens is 2. The summed E-state index contributed by atoms with van der Waals surface area (Å²) in [5, 5.41) is 3.85. The van der Waals surface area contributed by atoms with Crippen LogP contribution in [0.4, 0.5) is 0 Å². The summed E-state index contributed by atoms with van der Waals surface area (Å²) in [6.45, 7) is 3.50. The van der Waals surface area contributed by atoms with E-state index in [4.69, 9.17) is 23.2 Å². The van der Waals surface area contributed by atoms with Crippen LogP contribution in [0.15, 0.2) is 23.1 Å². The van der Waals surface area contributed by atoms with Gasteiger partial charge in [-0.3, -0.25) is 0 Å². The summed E-state index contributed by atoms with van der Waals surface area (Å²) in [7, 11) is -3.52. The molecule has 4 nitrogen and oxygen atoms in total. The van der Waals surface area contributed by atoms with Crippen molar-refractivity contribution >= 4 is 33.2 Å². The number of hydrogen-bond donors (Lipinski definition) is 1. The molecule has 1 aliphatic rings. The van der Waals surface area contributed by atoms with Crippen molar-refractivity contribution in [3.63, 3.8) is 0 Å². The van der Waals surface area contributed by atoms with Gasteiger partial charge in [0.25, 0.3) is 0 Å². The molecule has 1 aliphatic heterocycles. The summed E-state index contributed by atoms with van der Waals surface area (Å²) in [6.07, 6.45) is 0. The number of sulfonamides is 1. The van der Waals surface area contributed by atoms with Crippen LogP contribution in [-0.2, 0) is 10.0 Å². The van der Waals surface area contributed by atoms with Crippen LogP contribution < -0.4 is 5.32 Å². The maximum absolute atomic E-state index is 12.4. The minimum atomic E-state index is -3.52. The highest BCUT2D eigenvalue weighted by Gasteiger charge is 2.28. The molecule has 1 aromatic rings. The largest absolute Gasteiger partial charge is 0.312 e. The molecule has 2 rings (SSSR count). The average molecular weight is 309 g/mol. The van der Waals surface area contributed by atoms with E-state index in [2.05, 4.69) is 5.32 Å². The van der Waals surface area contributed by atoms with Crippen molar-refractivity contribution in [3.8, 4) is 0 Å². The summed E-state index contributed by atoms with van der Waals surface area (Å²) in [5.74, 6) is 0. The maximum atomic E-state index is 12.4. The molecular weight excluding hydrogens is 295 g/mol. The minimum absolute atomic E-state index is 0.142. The van der Waals surface area contributed by atoms with E-state index in [0.717, 1.165) is 0 Å². The van der Waals surface area contributed by atoms with Crippen LogP contribution in [0, 0.1) is 0 Å². The third-order valence-corrected chi connectivity index (χ3v) is 5.08. The fraction of sp³-hybridized carbons (Fsp3) is 0.455. The van der Waals surface area contributed by atoms with E-state index in [0.29, 0.717) is 29.7 Å². The van der Waals surface area contributed by atoms with Gasteiger partial charge >= 0.3 is 0 Å². The Balaban J connectivity index is 2.35. The highest BCUT2D eigenvalue weighted by molar-refractivity contribution is 7.89. The van der Waals surface area contributed by atoms with E-state index < -0.39 is 10.0 Å². The summed E-state index contributed by atoms with van der Waals surface area (Å²) >= 11 is 11.7. The first-order valence-electron chi connectivity index (χ1n) is 5.59. The van der Waals surface area contributed by atoms with Crippen molar-refractivity contribution in [2.75, 3.05) is 19.6 Å². The van der Waals surface area contributed by atoms with Crippen LogP contribution in [0.5, 0.6) is 0 Å². The monoisotopic (exact) mass is 308 g/mol. The van der Waals surface area contributed by atoms with E-state index in [1.807, 2.05) is 6.92 Å². The Kier molecular flexibility index (Phi) is 4.18. The van der Waals surface area contributed by atoms with Crippen LogP contribution in [0.2, 0.25) is 10.0 Å². The van der Waals surface area contributed by atoms with E-state index in [1.165, 1.54) is 22.5 Å². The van der Waals surface area contributed by atoms with Crippen molar-refractivity contribution < 1.29 is 8.42 Å². The van der Waals surface area contributed by atoms with Crippen molar-refractivity contribution in [1.29, 1.82) is 0 Å². The Morgan fingerprint density at radius 3 is 2.44 bits per heavy atom. The van der Waals surface area contributed by atoms with Gasteiger partial charge in [-0.2, -0.15) is 4.31 Å². The molecule has 1 aromatic carbocycles. The normalized spacial score (nSPS) is 22.1. The molecule has 18 heavy (non-hydrogen) atoms. The van der Waals surface area contributed by atoms with Gasteiger partial charge in [-0.1, -0.05) is 23.2 Å². The molecule has 1 unspecified atom stereocenters. The second-order valence-corrected chi connectivity index (χ2v) is 7.13. The predicted molar refractivity (Wildman–Crippen MR) is 72.7 cm³/mol. The number of nitrogens with one attached hydrogen (secondary N) is 1. The van der Waals surface area contributed by atoms with Gasteiger partial charge in [-0.25, -0.2) is 8.42 Å². The SMILES string of the molecule is CC1CN(S(=O)(=O)c2cc(Cl)cc(Cl)c2)CCN1. The van der Waals surface area contributed by atoms with Gasteiger partial charge in [-0.15, -0.1) is 0 Å². The minimum Gasteiger partial charge on any atom is -0.312 e. The third kappa shape index (κ3) is 2.97. The van der Waals surface area contributed by atoms with Gasteiger partial charge in [0.15, 0.2) is 0 Å². The lowest BCUT2D eigenvalue weighted by Crippen LogP contribution is -2.51. The lowest BCUT2D eigenvalue weighted by Gasteiger charge is -2.31. The molecule has 0 aromatic heterocycles. The Bertz CT molecular complexity index is 528. The van der Waals surface area contributed by atoms with Crippen molar-refractivity contribution in [2.45, 2.75) is 17.9 Å². The molecule has 1 atom stereocenters. The lowest BCUT2D eigenvalue weighted by atomic mass is 10.3. The van der Waals surface area contributed by atoms with E-state index in [1.54, 1.807) is 0 Å². The number of hydrogen-bond acceptors (Lipinski definition) is 3. The van der Waals surface area contributed by atoms with Crippen LogP contribution in [-0.4, -0.2) is 38.4 Å². The molecule has 0 bridgehead atoms. The smallest absolute Gasteiger partial charge is 0.243 e. The molecule has 0 radical (unpaired) electrons. The first kappa shape index (κ1) is 14.1. The van der Waals surface area contributed by atoms with Gasteiger partial charge in [0.2, 0.25) is 10.0 Å². The van der Waals surface area contributed by atoms with Crippen LogP contribution in [0.3, 0.4) is 0 Å². The fourth-order valence-corrected chi connectivity index (χ4v) is 4.20. The fourth-order valence-electron chi connectivity index (χ4n) is 1.94. The number of rotatable bonds is 2. The number of benzene rings is 1. The quantitative estimate of drug-likeness (QED) is 0.909. The van der Waals surface area contributed by atoms with Crippen LogP contribution >= 0.6 is 23.2 Å². The zero-order valence-electron chi connectivity index (χ0n) is 9.86. The Labute approximate surface area is 117 Å². The first-order valence-corrected chi connectivity index (χ1v) is 7.79. The van der Waals surface area contributed by atoms with Gasteiger partial charge < -0.3 is 5.32 Å². The molecule has 0 saturated carbocycles. The molecule has 1 saturated heterocycles. The summed E-state index contributed by atoms with van der Waals surface area (Å²) in [5.41, 5.74) is 0. The van der Waals surface area contributed by atoms with Gasteiger partial charge in [-0.05, 0) is 25.1 Å². The van der Waals surface area contributed by atoms with Crippen LogP contribution in [0.25, 0.3) is 0 Å². The molecule has 0 amide bonds. The van der Waals surface area contributed by atoms with Gasteiger partial charge in [0.05, 0.1) is 4.90 Å². The van der Waals surface area contributed by atoms with Gasteiger partial charge in [0, 0.05) is 35.7 Å². The molecular formula is C11H14Cl2N2O2S. The molecule has 1 N–H and O–H groups in total. The highest BCUT2D eigenvalue weighted by atomic mass is 35.5. The van der Waals surface area contributed by atoms with Gasteiger partial charge in [0.1, 0.15) is 0 Å². The molecule has 7 heteroatoms. The molecule has 0 aliphatic carbocycles. The van der Waals surface area contributed by atoms with E-state index in [-0.39, 0.29) is 10.9 Å². The summed E-state index contributed by atoms with van der Waals surface area (Å²) < 4.78 is 26.3. The highest BCUT2D eigenvalue weighted by Crippen LogP contribution is 2.25. The summed E-state index contributed by atoms with van der Waals surface area (Å²) in [6, 6.07) is 4.51. The molecule has 1 fully saturated rings. The topological polar surface area (TPSA) is 49.4 Å².